The van der Waals surface area contributed by atoms with Crippen molar-refractivity contribution in [2.75, 3.05) is 0 Å². The van der Waals surface area contributed by atoms with Crippen molar-refractivity contribution < 1.29 is 8.78 Å². The van der Waals surface area contributed by atoms with Gasteiger partial charge in [0.2, 0.25) is 0 Å². The van der Waals surface area contributed by atoms with Crippen molar-refractivity contribution in [3.05, 3.63) is 70.8 Å². The molecule has 0 spiro atoms. The first-order chi connectivity index (χ1) is 8.58. The smallest absolute Gasteiger partial charge is 0.130 e. The van der Waals surface area contributed by atoms with Crippen LogP contribution in [0.25, 0.3) is 0 Å². The minimum absolute atomic E-state index is 0.154. The predicted molar refractivity (Wildman–Crippen MR) is 72.9 cm³/mol. The molecular weight excluding hydrogens is 298 g/mol. The highest BCUT2D eigenvalue weighted by Crippen LogP contribution is 2.30. The molecule has 0 N–H and O–H groups in total. The van der Waals surface area contributed by atoms with E-state index in [2.05, 4.69) is 15.9 Å². The quantitative estimate of drug-likeness (QED) is 0.703. The number of halogens is 3. The highest BCUT2D eigenvalue weighted by atomic mass is 79.9. The van der Waals surface area contributed by atoms with Crippen molar-refractivity contribution >= 4 is 15.9 Å². The molecule has 3 heteroatoms. The Kier molecular flexibility index (Phi) is 4.12. The van der Waals surface area contributed by atoms with Gasteiger partial charge in [0.05, 0.1) is 0 Å². The Hall–Kier alpha value is -1.22. The van der Waals surface area contributed by atoms with Crippen molar-refractivity contribution in [1.82, 2.24) is 0 Å². The van der Waals surface area contributed by atoms with Crippen LogP contribution in [0, 0.1) is 18.6 Å². The normalized spacial score (nSPS) is 12.4. The molecule has 2 aromatic rings. The van der Waals surface area contributed by atoms with Gasteiger partial charge in [-0.15, -0.1) is 0 Å². The summed E-state index contributed by atoms with van der Waals surface area (Å²) >= 11 is 3.47. The van der Waals surface area contributed by atoms with Crippen molar-refractivity contribution in [3.63, 3.8) is 0 Å². The lowest BCUT2D eigenvalue weighted by Gasteiger charge is -2.12. The summed E-state index contributed by atoms with van der Waals surface area (Å²) in [6.07, 6.45) is 0.554. The molecule has 2 aromatic carbocycles. The molecule has 0 aliphatic carbocycles. The van der Waals surface area contributed by atoms with E-state index in [1.54, 1.807) is 25.1 Å². The van der Waals surface area contributed by atoms with Crippen molar-refractivity contribution in [1.29, 1.82) is 0 Å². The fourth-order valence-electron chi connectivity index (χ4n) is 1.89. The number of alkyl halides is 1. The van der Waals surface area contributed by atoms with Crippen LogP contribution >= 0.6 is 15.9 Å². The van der Waals surface area contributed by atoms with E-state index in [4.69, 9.17) is 0 Å². The van der Waals surface area contributed by atoms with Gasteiger partial charge in [-0.2, -0.15) is 0 Å². The molecule has 0 aromatic heterocycles. The number of benzene rings is 2. The first kappa shape index (κ1) is 13.2. The Labute approximate surface area is 114 Å². The minimum atomic E-state index is -0.267. The standard InChI is InChI=1S/C15H13BrF2/c1-10-4-2-7-13(15(10)18)14(16)9-11-5-3-6-12(17)8-11/h2-8,14H,9H2,1H3. The van der Waals surface area contributed by atoms with E-state index >= 15 is 0 Å². The lowest BCUT2D eigenvalue weighted by atomic mass is 10.0. The van der Waals surface area contributed by atoms with Crippen LogP contribution in [0.3, 0.4) is 0 Å². The van der Waals surface area contributed by atoms with Gasteiger partial charge in [-0.05, 0) is 36.6 Å². The van der Waals surface area contributed by atoms with Crippen LogP contribution in [0.5, 0.6) is 0 Å². The summed E-state index contributed by atoms with van der Waals surface area (Å²) in [6.45, 7) is 1.74. The lowest BCUT2D eigenvalue weighted by molar-refractivity contribution is 0.598. The van der Waals surface area contributed by atoms with Gasteiger partial charge in [-0.3, -0.25) is 0 Å². The fraction of sp³-hybridized carbons (Fsp3) is 0.200. The van der Waals surface area contributed by atoms with Gasteiger partial charge in [0, 0.05) is 10.4 Å². The lowest BCUT2D eigenvalue weighted by Crippen LogP contribution is -2.00. The summed E-state index contributed by atoms with van der Waals surface area (Å²) in [5.74, 6) is -0.465. The molecule has 18 heavy (non-hydrogen) atoms. The van der Waals surface area contributed by atoms with E-state index in [-0.39, 0.29) is 16.5 Å². The zero-order valence-corrected chi connectivity index (χ0v) is 11.5. The van der Waals surface area contributed by atoms with Crippen molar-refractivity contribution in [3.8, 4) is 0 Å². The molecular formula is C15H13BrF2. The van der Waals surface area contributed by atoms with Crippen molar-refractivity contribution in [2.45, 2.75) is 18.2 Å². The third kappa shape index (κ3) is 2.96. The fourth-order valence-corrected chi connectivity index (χ4v) is 2.62. The molecule has 0 saturated heterocycles. The third-order valence-corrected chi connectivity index (χ3v) is 3.68. The van der Waals surface area contributed by atoms with Crippen LogP contribution in [0.2, 0.25) is 0 Å². The second kappa shape index (κ2) is 5.61. The van der Waals surface area contributed by atoms with Gasteiger partial charge in [0.1, 0.15) is 11.6 Å². The van der Waals surface area contributed by atoms with Crippen LogP contribution in [-0.2, 0) is 6.42 Å². The minimum Gasteiger partial charge on any atom is -0.207 e. The van der Waals surface area contributed by atoms with Gasteiger partial charge in [-0.1, -0.05) is 46.3 Å². The molecule has 1 atom stereocenters. The molecule has 0 amide bonds. The van der Waals surface area contributed by atoms with E-state index in [0.717, 1.165) is 5.56 Å². The second-order valence-electron chi connectivity index (χ2n) is 4.28. The predicted octanol–water partition coefficient (Wildman–Crippen LogP) is 4.95. The SMILES string of the molecule is Cc1cccc(C(Br)Cc2cccc(F)c2)c1F. The van der Waals surface area contributed by atoms with E-state index < -0.39 is 0 Å². The second-order valence-corrected chi connectivity index (χ2v) is 5.39. The van der Waals surface area contributed by atoms with Crippen molar-refractivity contribution in [2.24, 2.45) is 0 Å². The van der Waals surface area contributed by atoms with Crippen LogP contribution in [-0.4, -0.2) is 0 Å². The number of hydrogen-bond donors (Lipinski definition) is 0. The highest BCUT2D eigenvalue weighted by Gasteiger charge is 2.14. The van der Waals surface area contributed by atoms with Crippen LogP contribution < -0.4 is 0 Å². The topological polar surface area (TPSA) is 0 Å². The molecule has 0 aliphatic heterocycles. The van der Waals surface area contributed by atoms with E-state index in [0.29, 0.717) is 17.5 Å². The van der Waals surface area contributed by atoms with E-state index in [1.165, 1.54) is 12.1 Å². The summed E-state index contributed by atoms with van der Waals surface area (Å²) in [7, 11) is 0. The number of hydrogen-bond acceptors (Lipinski definition) is 0. The summed E-state index contributed by atoms with van der Waals surface area (Å²) in [6, 6.07) is 11.7. The first-order valence-corrected chi connectivity index (χ1v) is 6.63. The average molecular weight is 311 g/mol. The van der Waals surface area contributed by atoms with Gasteiger partial charge < -0.3 is 0 Å². The molecule has 2 rings (SSSR count). The largest absolute Gasteiger partial charge is 0.207 e. The maximum absolute atomic E-state index is 13.9. The molecule has 0 radical (unpaired) electrons. The molecule has 0 fully saturated rings. The highest BCUT2D eigenvalue weighted by molar-refractivity contribution is 9.09. The molecule has 94 valence electrons. The van der Waals surface area contributed by atoms with E-state index in [9.17, 15) is 8.78 Å². The average Bonchev–Trinajstić information content (AvgIpc) is 2.32. The van der Waals surface area contributed by atoms with Gasteiger partial charge in [0.25, 0.3) is 0 Å². The third-order valence-electron chi connectivity index (χ3n) is 2.86. The summed E-state index contributed by atoms with van der Waals surface area (Å²) in [5.41, 5.74) is 2.08. The van der Waals surface area contributed by atoms with Crippen LogP contribution in [0.4, 0.5) is 8.78 Å². The summed E-state index contributed by atoms with van der Waals surface area (Å²) in [4.78, 5) is -0.154. The number of aryl methyl sites for hydroxylation is 1. The van der Waals surface area contributed by atoms with Crippen LogP contribution in [0.1, 0.15) is 21.5 Å². The molecule has 0 aliphatic rings. The molecule has 0 nitrogen and oxygen atoms in total. The van der Waals surface area contributed by atoms with Gasteiger partial charge in [0.15, 0.2) is 0 Å². The van der Waals surface area contributed by atoms with Crippen LogP contribution in [0.15, 0.2) is 42.5 Å². The molecule has 1 unspecified atom stereocenters. The Morgan fingerprint density at radius 3 is 2.56 bits per heavy atom. The monoisotopic (exact) mass is 310 g/mol. The summed E-state index contributed by atoms with van der Waals surface area (Å²) < 4.78 is 27.0. The van der Waals surface area contributed by atoms with E-state index in [1.807, 2.05) is 12.1 Å². The van der Waals surface area contributed by atoms with Gasteiger partial charge >= 0.3 is 0 Å². The Morgan fingerprint density at radius 1 is 1.11 bits per heavy atom. The molecule has 0 saturated carbocycles. The van der Waals surface area contributed by atoms with Gasteiger partial charge in [-0.25, -0.2) is 8.78 Å². The zero-order valence-electron chi connectivity index (χ0n) is 9.96. The summed E-state index contributed by atoms with van der Waals surface area (Å²) in [5, 5.41) is 0. The molecule has 0 heterocycles. The number of rotatable bonds is 3. The zero-order chi connectivity index (χ0) is 13.1. The Bertz CT molecular complexity index is 552. The Balaban J connectivity index is 2.22. The Morgan fingerprint density at radius 2 is 1.83 bits per heavy atom. The molecule has 0 bridgehead atoms. The maximum Gasteiger partial charge on any atom is 0.130 e. The maximum atomic E-state index is 13.9. The first-order valence-electron chi connectivity index (χ1n) is 5.71.